The number of nitrogens with zero attached hydrogens (tertiary/aromatic N) is 1. The highest BCUT2D eigenvalue weighted by molar-refractivity contribution is 9.10. The summed E-state index contributed by atoms with van der Waals surface area (Å²) >= 11 is 8.78. The number of aromatic amines is 1. The Hall–Kier alpha value is -1.00. The van der Waals surface area contributed by atoms with Crippen LogP contribution in [0.2, 0.25) is 0 Å². The van der Waals surface area contributed by atoms with E-state index in [-0.39, 0.29) is 0 Å². The highest BCUT2D eigenvalue weighted by Gasteiger charge is 2.18. The molecule has 1 aliphatic rings. The molecule has 1 aliphatic carbocycles. The molecule has 2 aromatic rings. The molecule has 20 heavy (non-hydrogen) atoms. The number of aromatic nitrogens is 2. The van der Waals surface area contributed by atoms with E-state index in [2.05, 4.69) is 50.2 Å². The molecule has 0 bridgehead atoms. The Labute approximate surface area is 132 Å². The highest BCUT2D eigenvalue weighted by Crippen LogP contribution is 2.33. The maximum absolute atomic E-state index is 5.32. The van der Waals surface area contributed by atoms with Gasteiger partial charge in [-0.15, -0.1) is 0 Å². The van der Waals surface area contributed by atoms with E-state index in [1.807, 2.05) is 6.07 Å². The number of hydrogen-bond donors (Lipinski definition) is 1. The van der Waals surface area contributed by atoms with E-state index < -0.39 is 0 Å². The number of H-pyrrole nitrogens is 1. The van der Waals surface area contributed by atoms with Crippen LogP contribution >= 0.6 is 28.1 Å². The van der Waals surface area contributed by atoms with Crippen LogP contribution in [-0.2, 0) is 6.42 Å². The summed E-state index contributed by atoms with van der Waals surface area (Å²) in [6.07, 6.45) is 6.00. The summed E-state index contributed by atoms with van der Waals surface area (Å²) in [4.78, 5) is 7.97. The fourth-order valence-electron chi connectivity index (χ4n) is 2.87. The molecule has 1 fully saturated rings. The predicted octanol–water partition coefficient (Wildman–Crippen LogP) is 5.15. The lowest BCUT2D eigenvalue weighted by Gasteiger charge is -2.11. The standard InChI is InChI=1S/C16H17BrN2S/c17-13-7-5-11(6-8-13)9-15-18-14(10-16(20)19-15)12-3-1-2-4-12/h5-8,10,12H,1-4,9H2,(H,18,19,20). The average Bonchev–Trinajstić information content (AvgIpc) is 2.95. The van der Waals surface area contributed by atoms with Gasteiger partial charge < -0.3 is 4.98 Å². The molecule has 1 aromatic carbocycles. The monoisotopic (exact) mass is 348 g/mol. The SMILES string of the molecule is S=c1cc(C2CCCC2)[nH]c(Cc2ccc(Br)cc2)n1. The van der Waals surface area contributed by atoms with Crippen molar-refractivity contribution in [3.63, 3.8) is 0 Å². The maximum Gasteiger partial charge on any atom is 0.130 e. The van der Waals surface area contributed by atoms with Crippen LogP contribution in [0.3, 0.4) is 0 Å². The van der Waals surface area contributed by atoms with Crippen molar-refractivity contribution in [2.75, 3.05) is 0 Å². The van der Waals surface area contributed by atoms with Gasteiger partial charge in [0.1, 0.15) is 10.5 Å². The molecule has 1 N–H and O–H groups in total. The Morgan fingerprint density at radius 1 is 1.20 bits per heavy atom. The summed E-state index contributed by atoms with van der Waals surface area (Å²) < 4.78 is 1.81. The first kappa shape index (κ1) is 14.0. The smallest absolute Gasteiger partial charge is 0.130 e. The van der Waals surface area contributed by atoms with Crippen molar-refractivity contribution >= 4 is 28.1 Å². The maximum atomic E-state index is 5.32. The molecule has 0 atom stereocenters. The van der Waals surface area contributed by atoms with Gasteiger partial charge >= 0.3 is 0 Å². The first-order chi connectivity index (χ1) is 9.70. The minimum atomic E-state index is 0.642. The van der Waals surface area contributed by atoms with Crippen LogP contribution < -0.4 is 0 Å². The Kier molecular flexibility index (Phi) is 4.32. The van der Waals surface area contributed by atoms with Crippen LogP contribution in [-0.4, -0.2) is 9.97 Å². The summed E-state index contributed by atoms with van der Waals surface area (Å²) in [6, 6.07) is 10.4. The number of rotatable bonds is 3. The molecule has 0 saturated heterocycles. The highest BCUT2D eigenvalue weighted by atomic mass is 79.9. The lowest BCUT2D eigenvalue weighted by atomic mass is 10.0. The van der Waals surface area contributed by atoms with Crippen molar-refractivity contribution in [1.82, 2.24) is 9.97 Å². The molecule has 1 aromatic heterocycles. The van der Waals surface area contributed by atoms with Gasteiger partial charge in [0, 0.05) is 16.6 Å². The van der Waals surface area contributed by atoms with E-state index in [9.17, 15) is 0 Å². The molecule has 1 heterocycles. The van der Waals surface area contributed by atoms with E-state index >= 15 is 0 Å². The second-order valence-corrected chi connectivity index (χ2v) is 6.74. The van der Waals surface area contributed by atoms with Gasteiger partial charge in [-0.3, -0.25) is 0 Å². The molecule has 3 rings (SSSR count). The van der Waals surface area contributed by atoms with Gasteiger partial charge in [-0.2, -0.15) is 0 Å². The van der Waals surface area contributed by atoms with Crippen molar-refractivity contribution in [2.24, 2.45) is 0 Å². The number of nitrogens with one attached hydrogen (secondary N) is 1. The van der Waals surface area contributed by atoms with Gasteiger partial charge in [0.2, 0.25) is 0 Å². The van der Waals surface area contributed by atoms with Crippen LogP contribution in [0.15, 0.2) is 34.8 Å². The Morgan fingerprint density at radius 2 is 1.90 bits per heavy atom. The number of halogens is 1. The average molecular weight is 349 g/mol. The fourth-order valence-corrected chi connectivity index (χ4v) is 3.37. The van der Waals surface area contributed by atoms with E-state index in [1.54, 1.807) is 0 Å². The molecule has 2 nitrogen and oxygen atoms in total. The zero-order valence-corrected chi connectivity index (χ0v) is 13.6. The van der Waals surface area contributed by atoms with E-state index in [4.69, 9.17) is 12.2 Å². The van der Waals surface area contributed by atoms with Crippen LogP contribution in [0, 0.1) is 4.64 Å². The van der Waals surface area contributed by atoms with Crippen molar-refractivity contribution < 1.29 is 0 Å². The van der Waals surface area contributed by atoms with Crippen molar-refractivity contribution in [3.05, 3.63) is 56.5 Å². The molecule has 0 amide bonds. The summed E-state index contributed by atoms with van der Waals surface area (Å²) in [5.74, 6) is 1.62. The van der Waals surface area contributed by atoms with E-state index in [0.717, 1.165) is 16.7 Å². The van der Waals surface area contributed by atoms with E-state index in [0.29, 0.717) is 10.6 Å². The largest absolute Gasteiger partial charge is 0.347 e. The normalized spacial score (nSPS) is 15.7. The summed E-state index contributed by atoms with van der Waals surface area (Å²) in [7, 11) is 0. The van der Waals surface area contributed by atoms with Gasteiger partial charge in [-0.05, 0) is 42.5 Å². The van der Waals surface area contributed by atoms with Crippen molar-refractivity contribution in [2.45, 2.75) is 38.0 Å². The molecular weight excluding hydrogens is 332 g/mol. The molecule has 104 valence electrons. The lowest BCUT2D eigenvalue weighted by Crippen LogP contribution is -2.04. The topological polar surface area (TPSA) is 28.7 Å². The molecule has 0 unspecified atom stereocenters. The zero-order chi connectivity index (χ0) is 13.9. The lowest BCUT2D eigenvalue weighted by molar-refractivity contribution is 0.685. The minimum absolute atomic E-state index is 0.642. The minimum Gasteiger partial charge on any atom is -0.347 e. The molecule has 1 saturated carbocycles. The van der Waals surface area contributed by atoms with Gasteiger partial charge in [-0.25, -0.2) is 4.98 Å². The van der Waals surface area contributed by atoms with Crippen LogP contribution in [0.5, 0.6) is 0 Å². The van der Waals surface area contributed by atoms with Crippen LogP contribution in [0.1, 0.15) is 48.7 Å². The Balaban J connectivity index is 1.85. The molecule has 0 radical (unpaired) electrons. The molecule has 4 heteroatoms. The third-order valence-electron chi connectivity index (χ3n) is 3.89. The first-order valence-electron chi connectivity index (χ1n) is 7.05. The van der Waals surface area contributed by atoms with Gasteiger partial charge in [0.25, 0.3) is 0 Å². The molecule has 0 spiro atoms. The zero-order valence-electron chi connectivity index (χ0n) is 11.2. The van der Waals surface area contributed by atoms with Gasteiger partial charge in [0.15, 0.2) is 0 Å². The Morgan fingerprint density at radius 3 is 2.60 bits per heavy atom. The Bertz CT molecular complexity index is 642. The first-order valence-corrected chi connectivity index (χ1v) is 8.25. The van der Waals surface area contributed by atoms with E-state index in [1.165, 1.54) is 36.9 Å². The quantitative estimate of drug-likeness (QED) is 0.777. The van der Waals surface area contributed by atoms with Crippen molar-refractivity contribution in [1.29, 1.82) is 0 Å². The molecular formula is C16H17BrN2S. The van der Waals surface area contributed by atoms with Crippen LogP contribution in [0.25, 0.3) is 0 Å². The van der Waals surface area contributed by atoms with Gasteiger partial charge in [-0.1, -0.05) is 53.1 Å². The molecule has 0 aliphatic heterocycles. The number of benzene rings is 1. The fraction of sp³-hybridized carbons (Fsp3) is 0.375. The summed E-state index contributed by atoms with van der Waals surface area (Å²) in [5, 5.41) is 0. The second kappa shape index (κ2) is 6.19. The second-order valence-electron chi connectivity index (χ2n) is 5.41. The number of hydrogen-bond acceptors (Lipinski definition) is 2. The third kappa shape index (κ3) is 3.36. The summed E-state index contributed by atoms with van der Waals surface area (Å²) in [5.41, 5.74) is 2.52. The third-order valence-corrected chi connectivity index (χ3v) is 4.63. The predicted molar refractivity (Wildman–Crippen MR) is 87.6 cm³/mol. The van der Waals surface area contributed by atoms with Crippen molar-refractivity contribution in [3.8, 4) is 0 Å². The van der Waals surface area contributed by atoms with Crippen LogP contribution in [0.4, 0.5) is 0 Å². The van der Waals surface area contributed by atoms with Gasteiger partial charge in [0.05, 0.1) is 0 Å². The summed E-state index contributed by atoms with van der Waals surface area (Å²) in [6.45, 7) is 0.